The molecule has 10 rings (SSSR count). The fraction of sp³-hybridized carbons (Fsp3) is 0.571. The van der Waals surface area contributed by atoms with Crippen molar-refractivity contribution < 1.29 is 34.3 Å². The van der Waals surface area contributed by atoms with Crippen LogP contribution in [0.5, 0.6) is 23.0 Å². The van der Waals surface area contributed by atoms with Crippen LogP contribution in [0.25, 0.3) is 0 Å². The fourth-order valence-corrected chi connectivity index (χ4v) is 10.9. The lowest BCUT2D eigenvalue weighted by atomic mass is 9.51. The molecule has 0 radical (unpaired) electrons. The standard InChI is InChI=1S/C18H23NO3.C17H17NO4/c1-19-8-7-18-11-4-5-13(20)17(18)22-16-14(21-2)6-3-10(15(16)18)9-12(11)19;1-18-7-6-17-9-3-5-11(20)16(17)22-15-10(19)4-2-8(12(15)17)14(21)13(9)18/h3,6,11-13,17,20H,4-5,7-9H2,1-2H3;2-5,9,11,13,16,19-20H,6-7H2,1H3/t11-,12+,13-,17-,18-;9-,11-,13-,16-,17-/m00/s1. The number of ketones is 1. The molecule has 4 aliphatic heterocycles. The average Bonchev–Trinajstić information content (AvgIpc) is 3.56. The molecule has 2 saturated heterocycles. The third-order valence-corrected chi connectivity index (χ3v) is 12.8. The Morgan fingerprint density at radius 2 is 1.68 bits per heavy atom. The van der Waals surface area contributed by atoms with E-state index in [1.807, 2.05) is 19.2 Å². The van der Waals surface area contributed by atoms with Gasteiger partial charge >= 0.3 is 0 Å². The number of piperidine rings is 2. The average molecular weight is 601 g/mol. The van der Waals surface area contributed by atoms with Crippen LogP contribution in [-0.2, 0) is 17.3 Å². The molecule has 9 nitrogen and oxygen atoms in total. The maximum atomic E-state index is 13.0. The van der Waals surface area contributed by atoms with E-state index in [4.69, 9.17) is 14.2 Å². The monoisotopic (exact) mass is 600 g/mol. The van der Waals surface area contributed by atoms with Gasteiger partial charge in [-0.25, -0.2) is 0 Å². The maximum Gasteiger partial charge on any atom is 0.181 e. The number of rotatable bonds is 1. The van der Waals surface area contributed by atoms with E-state index in [2.05, 4.69) is 22.9 Å². The van der Waals surface area contributed by atoms with Crippen molar-refractivity contribution in [2.45, 2.75) is 79.4 Å². The first kappa shape index (κ1) is 27.2. The van der Waals surface area contributed by atoms with Gasteiger partial charge in [0.25, 0.3) is 0 Å². The first-order valence-corrected chi connectivity index (χ1v) is 16.1. The number of phenols is 1. The summed E-state index contributed by atoms with van der Waals surface area (Å²) >= 11 is 0. The van der Waals surface area contributed by atoms with Crippen LogP contribution in [0.1, 0.15) is 52.7 Å². The highest BCUT2D eigenvalue weighted by atomic mass is 16.5. The van der Waals surface area contributed by atoms with Gasteiger partial charge in [-0.2, -0.15) is 0 Å². The second-order valence-electron chi connectivity index (χ2n) is 14.3. The number of hydrogen-bond donors (Lipinski definition) is 3. The van der Waals surface area contributed by atoms with E-state index in [0.29, 0.717) is 23.3 Å². The number of aromatic hydroxyl groups is 1. The number of Topliss-reactive ketones (excluding diaryl/α,β-unsaturated/α-hetero) is 1. The maximum absolute atomic E-state index is 13.0. The minimum absolute atomic E-state index is 0.00625. The molecule has 3 N–H and O–H groups in total. The first-order chi connectivity index (χ1) is 21.2. The predicted molar refractivity (Wildman–Crippen MR) is 161 cm³/mol. The molecule has 3 fully saturated rings. The van der Waals surface area contributed by atoms with Crippen LogP contribution in [0.4, 0.5) is 0 Å². The third-order valence-electron chi connectivity index (χ3n) is 12.8. The summed E-state index contributed by atoms with van der Waals surface area (Å²) < 4.78 is 17.9. The van der Waals surface area contributed by atoms with Crippen LogP contribution in [0, 0.1) is 11.8 Å². The summed E-state index contributed by atoms with van der Waals surface area (Å²) in [5.74, 6) is 2.86. The molecular formula is C35H40N2O7. The van der Waals surface area contributed by atoms with Gasteiger partial charge in [-0.05, 0) is 89.0 Å². The Hall–Kier alpha value is -3.11. The van der Waals surface area contributed by atoms with Crippen molar-refractivity contribution in [2.75, 3.05) is 34.3 Å². The van der Waals surface area contributed by atoms with Gasteiger partial charge in [-0.15, -0.1) is 0 Å². The number of hydrogen-bond acceptors (Lipinski definition) is 9. The Kier molecular flexibility index (Phi) is 5.57. The quantitative estimate of drug-likeness (QED) is 0.426. The normalized spacial score (nSPS) is 41.5. The van der Waals surface area contributed by atoms with Crippen LogP contribution >= 0.6 is 0 Å². The summed E-state index contributed by atoms with van der Waals surface area (Å²) in [7, 11) is 5.93. The zero-order chi connectivity index (χ0) is 30.3. The third kappa shape index (κ3) is 3.07. The number of carbonyl (C=O) groups is 1. The number of ether oxygens (including phenoxy) is 3. The van der Waals surface area contributed by atoms with Crippen molar-refractivity contribution >= 4 is 5.78 Å². The first-order valence-electron chi connectivity index (χ1n) is 16.1. The number of methoxy groups -OCH3 is 1. The predicted octanol–water partition coefficient (Wildman–Crippen LogP) is 2.56. The van der Waals surface area contributed by atoms with Crippen molar-refractivity contribution in [1.82, 2.24) is 9.80 Å². The smallest absolute Gasteiger partial charge is 0.181 e. The van der Waals surface area contributed by atoms with Crippen LogP contribution in [0.15, 0.2) is 36.4 Å². The minimum atomic E-state index is -0.715. The molecule has 2 aromatic carbocycles. The number of nitrogens with zero attached hydrogens (tertiary/aromatic N) is 2. The van der Waals surface area contributed by atoms with E-state index in [-0.39, 0.29) is 41.1 Å². The lowest BCUT2D eigenvalue weighted by Crippen LogP contribution is -2.66. The number of likely N-dealkylation sites (tertiary alicyclic amines) is 2. The summed E-state index contributed by atoms with van der Waals surface area (Å²) in [6, 6.07) is 7.84. The highest BCUT2D eigenvalue weighted by Gasteiger charge is 2.67. The SMILES string of the molecule is CN1CC[C@]23c4c5ccc(O)c4O[C@H]2[C@@H](O)C=C[C@H]3[C@H]1C5=O.COc1ccc2c3c1O[C@H]1[C@@H](O)CC[C@H]4[C@@H](C2)N(C)CC[C@@]341. The lowest BCUT2D eigenvalue weighted by Gasteiger charge is -2.58. The second kappa shape index (κ2) is 9.00. The summed E-state index contributed by atoms with van der Waals surface area (Å²) in [5, 5.41) is 31.2. The number of aliphatic hydroxyl groups is 2. The van der Waals surface area contributed by atoms with Crippen LogP contribution in [-0.4, -0.2) is 102 Å². The van der Waals surface area contributed by atoms with E-state index in [1.54, 1.807) is 19.3 Å². The molecule has 2 spiro atoms. The number of likely N-dealkylation sites (N-methyl/N-ethyl adjacent to an activating group) is 2. The van der Waals surface area contributed by atoms with Gasteiger partial charge < -0.3 is 34.4 Å². The Morgan fingerprint density at radius 3 is 2.50 bits per heavy atom. The summed E-state index contributed by atoms with van der Waals surface area (Å²) in [6.45, 7) is 1.87. The van der Waals surface area contributed by atoms with E-state index in [0.717, 1.165) is 62.3 Å². The van der Waals surface area contributed by atoms with E-state index in [9.17, 15) is 20.1 Å². The Labute approximate surface area is 257 Å². The van der Waals surface area contributed by atoms with E-state index < -0.39 is 17.6 Å². The van der Waals surface area contributed by atoms with Crippen molar-refractivity contribution in [3.63, 3.8) is 0 Å². The zero-order valence-electron chi connectivity index (χ0n) is 25.4. The molecular weight excluding hydrogens is 560 g/mol. The molecule has 10 atom stereocenters. The minimum Gasteiger partial charge on any atom is -0.504 e. The van der Waals surface area contributed by atoms with Gasteiger partial charge in [-0.3, -0.25) is 9.69 Å². The Morgan fingerprint density at radius 1 is 0.909 bits per heavy atom. The molecule has 232 valence electrons. The summed E-state index contributed by atoms with van der Waals surface area (Å²) in [5.41, 5.74) is 3.84. The molecule has 4 bridgehead atoms. The van der Waals surface area contributed by atoms with E-state index in [1.165, 1.54) is 17.2 Å². The fourth-order valence-electron chi connectivity index (χ4n) is 10.9. The van der Waals surface area contributed by atoms with Gasteiger partial charge in [0.05, 0.1) is 19.3 Å². The van der Waals surface area contributed by atoms with Crippen molar-refractivity contribution in [3.8, 4) is 23.0 Å². The summed E-state index contributed by atoms with van der Waals surface area (Å²) in [6.07, 6.45) is 7.08. The second-order valence-corrected chi connectivity index (χ2v) is 14.3. The highest BCUT2D eigenvalue weighted by Crippen LogP contribution is 2.64. The van der Waals surface area contributed by atoms with Gasteiger partial charge in [0, 0.05) is 39.5 Å². The molecule has 0 unspecified atom stereocenters. The molecule has 44 heavy (non-hydrogen) atoms. The largest absolute Gasteiger partial charge is 0.504 e. The number of benzene rings is 2. The van der Waals surface area contributed by atoms with Crippen LogP contribution < -0.4 is 14.2 Å². The number of phenolic OH excluding ortho intramolecular Hbond substituents is 1. The Bertz CT molecular complexity index is 1620. The van der Waals surface area contributed by atoms with Gasteiger partial charge in [0.15, 0.2) is 28.8 Å². The molecule has 4 heterocycles. The molecule has 4 aliphatic carbocycles. The van der Waals surface area contributed by atoms with Gasteiger partial charge in [0.2, 0.25) is 0 Å². The van der Waals surface area contributed by atoms with Crippen LogP contribution in [0.2, 0.25) is 0 Å². The summed E-state index contributed by atoms with van der Waals surface area (Å²) in [4.78, 5) is 17.6. The Balaban J connectivity index is 0.000000123. The molecule has 1 saturated carbocycles. The molecule has 9 heteroatoms. The lowest BCUT2D eigenvalue weighted by molar-refractivity contribution is -0.0993. The molecule has 2 aromatic rings. The highest BCUT2D eigenvalue weighted by molar-refractivity contribution is 6.05. The van der Waals surface area contributed by atoms with Crippen LogP contribution in [0.3, 0.4) is 0 Å². The molecule has 0 aromatic heterocycles. The topological polar surface area (TPSA) is 112 Å². The number of aliphatic hydroxyl groups excluding tert-OH is 2. The van der Waals surface area contributed by atoms with E-state index >= 15 is 0 Å². The van der Waals surface area contributed by atoms with Crippen molar-refractivity contribution in [1.29, 1.82) is 0 Å². The van der Waals surface area contributed by atoms with Gasteiger partial charge in [-0.1, -0.05) is 18.2 Å². The number of carbonyl (C=O) groups excluding carboxylic acids is 1. The van der Waals surface area contributed by atoms with Crippen molar-refractivity contribution in [2.24, 2.45) is 11.8 Å². The molecule has 0 amide bonds. The zero-order valence-corrected chi connectivity index (χ0v) is 25.4. The van der Waals surface area contributed by atoms with Crippen molar-refractivity contribution in [3.05, 3.63) is 58.7 Å². The van der Waals surface area contributed by atoms with Gasteiger partial charge in [0.1, 0.15) is 18.3 Å². The molecule has 8 aliphatic rings.